The van der Waals surface area contributed by atoms with Gasteiger partial charge in [-0.2, -0.15) is 0 Å². The Hall–Kier alpha value is -1.79. The molecule has 0 aromatic heterocycles. The molecule has 6 heteroatoms. The molecule has 0 aliphatic carbocycles. The first-order chi connectivity index (χ1) is 13.1. The maximum absolute atomic E-state index is 5.91. The van der Waals surface area contributed by atoms with Crippen molar-refractivity contribution >= 4 is 5.96 Å². The summed E-state index contributed by atoms with van der Waals surface area (Å²) < 4.78 is 11.3. The van der Waals surface area contributed by atoms with Crippen LogP contribution < -0.4 is 15.4 Å². The van der Waals surface area contributed by atoms with E-state index < -0.39 is 0 Å². The normalized spacial score (nSPS) is 11.7. The zero-order valence-corrected chi connectivity index (χ0v) is 17.8. The Morgan fingerprint density at radius 2 is 1.93 bits per heavy atom. The molecule has 0 saturated heterocycles. The Bertz CT molecular complexity index is 549. The van der Waals surface area contributed by atoms with Crippen molar-refractivity contribution in [1.82, 2.24) is 15.5 Å². The molecule has 0 aliphatic heterocycles. The smallest absolute Gasteiger partial charge is 0.191 e. The molecule has 2 N–H and O–H groups in total. The molecule has 0 heterocycles. The maximum Gasteiger partial charge on any atom is 0.191 e. The summed E-state index contributed by atoms with van der Waals surface area (Å²) in [5, 5.41) is 6.77. The standard InChI is InChI=1S/C21H38N4O2/c1-6-12-25(7-2)13-11-23-21(22-5)24-17-19-10-9-18(4)16-20(19)27-15-14-26-8-3/h9-10,16H,6-8,11-15,17H2,1-5H3,(H2,22,23,24). The fraction of sp³-hybridized carbons (Fsp3) is 0.667. The average molecular weight is 379 g/mol. The van der Waals surface area contributed by atoms with Crippen LogP contribution in [-0.2, 0) is 11.3 Å². The lowest BCUT2D eigenvalue weighted by Gasteiger charge is -2.20. The molecule has 0 spiro atoms. The number of ether oxygens (including phenoxy) is 2. The summed E-state index contributed by atoms with van der Waals surface area (Å²) >= 11 is 0. The van der Waals surface area contributed by atoms with Gasteiger partial charge in [0.25, 0.3) is 0 Å². The number of nitrogens with one attached hydrogen (secondary N) is 2. The number of guanidine groups is 1. The zero-order valence-electron chi connectivity index (χ0n) is 17.8. The summed E-state index contributed by atoms with van der Waals surface area (Å²) in [4.78, 5) is 6.76. The van der Waals surface area contributed by atoms with Gasteiger partial charge in [0.2, 0.25) is 0 Å². The molecule has 0 saturated carbocycles. The van der Waals surface area contributed by atoms with Gasteiger partial charge in [-0.3, -0.25) is 4.99 Å². The van der Waals surface area contributed by atoms with Gasteiger partial charge in [0.05, 0.1) is 6.61 Å². The van der Waals surface area contributed by atoms with Gasteiger partial charge in [-0.05, 0) is 45.0 Å². The van der Waals surface area contributed by atoms with Crippen molar-refractivity contribution in [2.45, 2.75) is 40.7 Å². The Morgan fingerprint density at radius 3 is 2.59 bits per heavy atom. The highest BCUT2D eigenvalue weighted by atomic mass is 16.5. The van der Waals surface area contributed by atoms with E-state index in [2.05, 4.69) is 59.5 Å². The molecule has 6 nitrogen and oxygen atoms in total. The van der Waals surface area contributed by atoms with E-state index in [-0.39, 0.29) is 0 Å². The largest absolute Gasteiger partial charge is 0.491 e. The van der Waals surface area contributed by atoms with Gasteiger partial charge in [0.15, 0.2) is 5.96 Å². The van der Waals surface area contributed by atoms with E-state index in [1.807, 2.05) is 6.92 Å². The molecule has 1 aromatic carbocycles. The second-order valence-corrected chi connectivity index (χ2v) is 6.44. The molecule has 1 rings (SSSR count). The molecule has 154 valence electrons. The molecule has 0 atom stereocenters. The number of likely N-dealkylation sites (N-methyl/N-ethyl adjacent to an activating group) is 1. The molecule has 0 aliphatic rings. The fourth-order valence-corrected chi connectivity index (χ4v) is 2.77. The maximum atomic E-state index is 5.91. The third-order valence-corrected chi connectivity index (χ3v) is 4.29. The van der Waals surface area contributed by atoms with E-state index in [1.54, 1.807) is 7.05 Å². The molecule has 0 unspecified atom stereocenters. The summed E-state index contributed by atoms with van der Waals surface area (Å²) in [6.07, 6.45) is 1.18. The van der Waals surface area contributed by atoms with Crippen molar-refractivity contribution in [3.63, 3.8) is 0 Å². The molecule has 0 fully saturated rings. The molecule has 0 radical (unpaired) electrons. The van der Waals surface area contributed by atoms with Gasteiger partial charge in [-0.25, -0.2) is 0 Å². The van der Waals surface area contributed by atoms with Crippen molar-refractivity contribution in [1.29, 1.82) is 0 Å². The van der Waals surface area contributed by atoms with Crippen LogP contribution in [0.5, 0.6) is 5.75 Å². The topological polar surface area (TPSA) is 58.1 Å². The number of hydrogen-bond donors (Lipinski definition) is 2. The SMILES string of the molecule is CCCN(CC)CCNC(=NC)NCc1ccc(C)cc1OCCOCC. The highest BCUT2D eigenvalue weighted by Crippen LogP contribution is 2.20. The summed E-state index contributed by atoms with van der Waals surface area (Å²) in [5.74, 6) is 1.71. The quantitative estimate of drug-likeness (QED) is 0.314. The summed E-state index contributed by atoms with van der Waals surface area (Å²) in [5.41, 5.74) is 2.30. The number of rotatable bonds is 13. The van der Waals surface area contributed by atoms with E-state index in [0.29, 0.717) is 26.4 Å². The second-order valence-electron chi connectivity index (χ2n) is 6.44. The van der Waals surface area contributed by atoms with Gasteiger partial charge < -0.3 is 25.0 Å². The fourth-order valence-electron chi connectivity index (χ4n) is 2.77. The summed E-state index contributed by atoms with van der Waals surface area (Å²) in [7, 11) is 1.80. The lowest BCUT2D eigenvalue weighted by Crippen LogP contribution is -2.41. The number of aliphatic imine (C=N–C) groups is 1. The minimum atomic E-state index is 0.557. The molecule has 1 aromatic rings. The second kappa shape index (κ2) is 14.3. The van der Waals surface area contributed by atoms with Crippen LogP contribution in [0, 0.1) is 6.92 Å². The first-order valence-electron chi connectivity index (χ1n) is 10.1. The lowest BCUT2D eigenvalue weighted by molar-refractivity contribution is 0.110. The monoisotopic (exact) mass is 378 g/mol. The minimum Gasteiger partial charge on any atom is -0.491 e. The van der Waals surface area contributed by atoms with Crippen LogP contribution in [0.1, 0.15) is 38.3 Å². The van der Waals surface area contributed by atoms with Gasteiger partial charge >= 0.3 is 0 Å². The van der Waals surface area contributed by atoms with Gasteiger partial charge in [0, 0.05) is 38.9 Å². The van der Waals surface area contributed by atoms with Crippen molar-refractivity contribution in [2.24, 2.45) is 4.99 Å². The van der Waals surface area contributed by atoms with Crippen LogP contribution in [0.15, 0.2) is 23.2 Å². The van der Waals surface area contributed by atoms with Crippen LogP contribution in [0.3, 0.4) is 0 Å². The van der Waals surface area contributed by atoms with E-state index in [0.717, 1.165) is 43.5 Å². The van der Waals surface area contributed by atoms with E-state index in [4.69, 9.17) is 9.47 Å². The Morgan fingerprint density at radius 1 is 1.11 bits per heavy atom. The van der Waals surface area contributed by atoms with Crippen molar-refractivity contribution in [2.75, 3.05) is 53.0 Å². The van der Waals surface area contributed by atoms with Crippen LogP contribution >= 0.6 is 0 Å². The van der Waals surface area contributed by atoms with Gasteiger partial charge in [0.1, 0.15) is 12.4 Å². The molecule has 0 amide bonds. The molecular formula is C21H38N4O2. The molecule has 0 bridgehead atoms. The minimum absolute atomic E-state index is 0.557. The Balaban J connectivity index is 2.51. The van der Waals surface area contributed by atoms with Crippen molar-refractivity contribution in [3.8, 4) is 5.75 Å². The van der Waals surface area contributed by atoms with Crippen LogP contribution in [0.25, 0.3) is 0 Å². The highest BCUT2D eigenvalue weighted by Gasteiger charge is 2.07. The predicted molar refractivity (Wildman–Crippen MR) is 114 cm³/mol. The zero-order chi connectivity index (χ0) is 19.9. The third kappa shape index (κ3) is 9.63. The van der Waals surface area contributed by atoms with Crippen LogP contribution in [0.4, 0.5) is 0 Å². The lowest BCUT2D eigenvalue weighted by atomic mass is 10.1. The van der Waals surface area contributed by atoms with Crippen molar-refractivity contribution < 1.29 is 9.47 Å². The van der Waals surface area contributed by atoms with Gasteiger partial charge in [-0.15, -0.1) is 0 Å². The van der Waals surface area contributed by atoms with Crippen LogP contribution in [-0.4, -0.2) is 63.9 Å². The molecule has 27 heavy (non-hydrogen) atoms. The van der Waals surface area contributed by atoms with Crippen molar-refractivity contribution in [3.05, 3.63) is 29.3 Å². The average Bonchev–Trinajstić information content (AvgIpc) is 2.68. The number of nitrogens with zero attached hydrogens (tertiary/aromatic N) is 2. The number of hydrogen-bond acceptors (Lipinski definition) is 4. The van der Waals surface area contributed by atoms with E-state index in [9.17, 15) is 0 Å². The summed E-state index contributed by atoms with van der Waals surface area (Å²) in [6.45, 7) is 15.1. The first-order valence-corrected chi connectivity index (χ1v) is 10.1. The Kier molecular flexibility index (Phi) is 12.3. The summed E-state index contributed by atoms with van der Waals surface area (Å²) in [6, 6.07) is 6.28. The highest BCUT2D eigenvalue weighted by molar-refractivity contribution is 5.79. The molecular weight excluding hydrogens is 340 g/mol. The van der Waals surface area contributed by atoms with Gasteiger partial charge in [-0.1, -0.05) is 26.0 Å². The van der Waals surface area contributed by atoms with E-state index in [1.165, 1.54) is 12.0 Å². The predicted octanol–water partition coefficient (Wildman–Crippen LogP) is 2.81. The Labute approximate surface area is 165 Å². The number of aryl methyl sites for hydroxylation is 1. The first kappa shape index (κ1) is 23.2. The van der Waals surface area contributed by atoms with Crippen LogP contribution in [0.2, 0.25) is 0 Å². The third-order valence-electron chi connectivity index (χ3n) is 4.29. The van der Waals surface area contributed by atoms with E-state index >= 15 is 0 Å². The number of benzene rings is 1.